The van der Waals surface area contributed by atoms with Crippen molar-refractivity contribution >= 4 is 11.6 Å². The smallest absolute Gasteiger partial charge is 0.257 e. The Bertz CT molecular complexity index is 1170. The Morgan fingerprint density at radius 2 is 1.68 bits per heavy atom. The van der Waals surface area contributed by atoms with Gasteiger partial charge in [0, 0.05) is 11.1 Å². The fourth-order valence-electron chi connectivity index (χ4n) is 2.93. The van der Waals surface area contributed by atoms with Crippen LogP contribution in [0.1, 0.15) is 23.1 Å². The maximum absolute atomic E-state index is 12.8. The molecule has 0 bridgehead atoms. The number of aromatic nitrogens is 2. The van der Waals surface area contributed by atoms with Gasteiger partial charge in [0.1, 0.15) is 11.5 Å². The second-order valence-corrected chi connectivity index (χ2v) is 6.68. The molecule has 7 nitrogen and oxygen atoms in total. The molecule has 0 aliphatic carbocycles. The molecule has 0 unspecified atom stereocenters. The van der Waals surface area contributed by atoms with Gasteiger partial charge >= 0.3 is 0 Å². The molecule has 1 amide bonds. The number of carbonyl (C=O) groups is 1. The number of carbonyl (C=O) groups excluding carboxylic acids is 1. The molecule has 0 fully saturated rings. The summed E-state index contributed by atoms with van der Waals surface area (Å²) in [4.78, 5) is 16.9. The van der Waals surface area contributed by atoms with Crippen LogP contribution in [0.15, 0.2) is 77.3 Å². The maximum Gasteiger partial charge on any atom is 0.257 e. The number of ether oxygens (including phenoxy) is 2. The van der Waals surface area contributed by atoms with Crippen molar-refractivity contribution in [3.63, 3.8) is 0 Å². The quantitative estimate of drug-likeness (QED) is 0.430. The molecule has 4 rings (SSSR count). The minimum absolute atomic E-state index is 0.254. The topological polar surface area (TPSA) is 86.5 Å². The highest BCUT2D eigenvalue weighted by Crippen LogP contribution is 2.30. The van der Waals surface area contributed by atoms with Crippen molar-refractivity contribution in [2.75, 3.05) is 11.9 Å². The van der Waals surface area contributed by atoms with Gasteiger partial charge in [0.05, 0.1) is 12.3 Å². The van der Waals surface area contributed by atoms with Crippen LogP contribution in [0.3, 0.4) is 0 Å². The van der Waals surface area contributed by atoms with Crippen LogP contribution in [0.5, 0.6) is 17.2 Å². The second-order valence-electron chi connectivity index (χ2n) is 6.68. The van der Waals surface area contributed by atoms with Crippen molar-refractivity contribution in [1.29, 1.82) is 0 Å². The lowest BCUT2D eigenvalue weighted by Gasteiger charge is -2.13. The van der Waals surface area contributed by atoms with Crippen LogP contribution in [0.25, 0.3) is 11.5 Å². The highest BCUT2D eigenvalue weighted by Gasteiger charge is 2.12. The molecule has 0 saturated heterocycles. The lowest BCUT2D eigenvalue weighted by molar-refractivity contribution is 0.102. The van der Waals surface area contributed by atoms with E-state index in [9.17, 15) is 4.79 Å². The summed E-state index contributed by atoms with van der Waals surface area (Å²) in [5, 5.41) is 6.68. The summed E-state index contributed by atoms with van der Waals surface area (Å²) in [6.07, 6.45) is 0. The average Bonchev–Trinajstić information content (AvgIpc) is 3.23. The molecule has 31 heavy (non-hydrogen) atoms. The Labute approximate surface area is 179 Å². The highest BCUT2D eigenvalue weighted by atomic mass is 16.5. The van der Waals surface area contributed by atoms with E-state index in [0.29, 0.717) is 41.1 Å². The molecule has 1 aromatic heterocycles. The number of hydrogen-bond donors (Lipinski definition) is 1. The average molecular weight is 415 g/mol. The number of benzene rings is 3. The maximum atomic E-state index is 12.8. The van der Waals surface area contributed by atoms with Gasteiger partial charge in [0.25, 0.3) is 11.8 Å². The zero-order valence-electron chi connectivity index (χ0n) is 17.2. The molecule has 1 heterocycles. The van der Waals surface area contributed by atoms with Crippen LogP contribution >= 0.6 is 0 Å². The lowest BCUT2D eigenvalue weighted by Crippen LogP contribution is -2.12. The van der Waals surface area contributed by atoms with Crippen LogP contribution < -0.4 is 14.8 Å². The summed E-state index contributed by atoms with van der Waals surface area (Å²) >= 11 is 0. The third-order valence-corrected chi connectivity index (χ3v) is 4.42. The van der Waals surface area contributed by atoms with Crippen LogP contribution in [0.2, 0.25) is 0 Å². The molecule has 0 radical (unpaired) electrons. The van der Waals surface area contributed by atoms with E-state index in [1.165, 1.54) is 0 Å². The van der Waals surface area contributed by atoms with Crippen LogP contribution in [-0.2, 0) is 0 Å². The van der Waals surface area contributed by atoms with Gasteiger partial charge in [-0.25, -0.2) is 0 Å². The zero-order chi connectivity index (χ0) is 21.6. The van der Waals surface area contributed by atoms with E-state index < -0.39 is 0 Å². The van der Waals surface area contributed by atoms with Crippen LogP contribution in [0.4, 0.5) is 5.69 Å². The zero-order valence-corrected chi connectivity index (χ0v) is 17.2. The van der Waals surface area contributed by atoms with Crippen molar-refractivity contribution in [2.45, 2.75) is 13.8 Å². The normalized spacial score (nSPS) is 10.5. The van der Waals surface area contributed by atoms with Gasteiger partial charge in [0.15, 0.2) is 11.6 Å². The number of amides is 1. The van der Waals surface area contributed by atoms with Crippen molar-refractivity contribution < 1.29 is 18.8 Å². The van der Waals surface area contributed by atoms with E-state index in [4.69, 9.17) is 14.0 Å². The third kappa shape index (κ3) is 4.90. The molecule has 3 aromatic carbocycles. The van der Waals surface area contributed by atoms with E-state index in [1.807, 2.05) is 43.3 Å². The Kier molecular flexibility index (Phi) is 5.93. The summed E-state index contributed by atoms with van der Waals surface area (Å²) in [6, 6.07) is 21.5. The molecule has 0 saturated carbocycles. The van der Waals surface area contributed by atoms with Gasteiger partial charge in [-0.15, -0.1) is 0 Å². The predicted molar refractivity (Wildman–Crippen MR) is 117 cm³/mol. The van der Waals surface area contributed by atoms with Crippen molar-refractivity contribution in [3.8, 4) is 28.7 Å². The Morgan fingerprint density at radius 3 is 2.35 bits per heavy atom. The van der Waals surface area contributed by atoms with E-state index >= 15 is 0 Å². The third-order valence-electron chi connectivity index (χ3n) is 4.42. The van der Waals surface area contributed by atoms with E-state index in [2.05, 4.69) is 15.5 Å². The summed E-state index contributed by atoms with van der Waals surface area (Å²) in [5.41, 5.74) is 1.81. The molecule has 7 heteroatoms. The standard InChI is InChI=1S/C24H21N3O4/c1-3-29-19-12-14-20(15-13-19)30-22-7-5-4-6-21(22)26-23(28)17-8-10-18(11-9-17)24-25-16(2)27-31-24/h4-15H,3H2,1-2H3,(H,26,28). The highest BCUT2D eigenvalue weighted by molar-refractivity contribution is 6.05. The molecule has 0 aliphatic heterocycles. The van der Waals surface area contributed by atoms with Crippen molar-refractivity contribution in [1.82, 2.24) is 10.1 Å². The van der Waals surface area contributed by atoms with Gasteiger partial charge in [-0.05, 0) is 74.5 Å². The van der Waals surface area contributed by atoms with E-state index in [1.54, 1.807) is 43.3 Å². The molecule has 0 aliphatic rings. The molecule has 4 aromatic rings. The summed E-state index contributed by atoms with van der Waals surface area (Å²) in [5.74, 6) is 2.67. The van der Waals surface area contributed by atoms with Crippen LogP contribution in [-0.4, -0.2) is 22.7 Å². The second kappa shape index (κ2) is 9.13. The first-order valence-electron chi connectivity index (χ1n) is 9.84. The number of aryl methyl sites for hydroxylation is 1. The first-order valence-corrected chi connectivity index (χ1v) is 9.84. The van der Waals surface area contributed by atoms with Gasteiger partial charge < -0.3 is 19.3 Å². The Hall–Kier alpha value is -4.13. The lowest BCUT2D eigenvalue weighted by atomic mass is 10.1. The number of para-hydroxylation sites is 2. The van der Waals surface area contributed by atoms with Gasteiger partial charge in [0.2, 0.25) is 0 Å². The summed E-state index contributed by atoms with van der Waals surface area (Å²) in [7, 11) is 0. The molecular weight excluding hydrogens is 394 g/mol. The molecule has 0 spiro atoms. The Morgan fingerprint density at radius 1 is 0.968 bits per heavy atom. The first-order chi connectivity index (χ1) is 15.1. The minimum Gasteiger partial charge on any atom is -0.494 e. The van der Waals surface area contributed by atoms with Gasteiger partial charge in [-0.2, -0.15) is 4.98 Å². The summed E-state index contributed by atoms with van der Waals surface area (Å²) < 4.78 is 16.6. The summed E-state index contributed by atoms with van der Waals surface area (Å²) in [6.45, 7) is 4.29. The molecule has 1 N–H and O–H groups in total. The number of nitrogens with zero attached hydrogens (tertiary/aromatic N) is 2. The van der Waals surface area contributed by atoms with E-state index in [-0.39, 0.29) is 5.91 Å². The first kappa shape index (κ1) is 20.2. The van der Waals surface area contributed by atoms with Gasteiger partial charge in [-0.3, -0.25) is 4.79 Å². The SMILES string of the molecule is CCOc1ccc(Oc2ccccc2NC(=O)c2ccc(-c3nc(C)no3)cc2)cc1. The number of nitrogens with one attached hydrogen (secondary N) is 1. The molecule has 156 valence electrons. The fourth-order valence-corrected chi connectivity index (χ4v) is 2.93. The van der Waals surface area contributed by atoms with Crippen LogP contribution in [0, 0.1) is 6.92 Å². The van der Waals surface area contributed by atoms with Crippen molar-refractivity contribution in [2.24, 2.45) is 0 Å². The molecule has 0 atom stereocenters. The fraction of sp³-hybridized carbons (Fsp3) is 0.125. The number of hydrogen-bond acceptors (Lipinski definition) is 6. The molecular formula is C24H21N3O4. The minimum atomic E-state index is -0.254. The van der Waals surface area contributed by atoms with E-state index in [0.717, 1.165) is 11.3 Å². The monoisotopic (exact) mass is 415 g/mol. The van der Waals surface area contributed by atoms with Gasteiger partial charge in [-0.1, -0.05) is 17.3 Å². The van der Waals surface area contributed by atoms with Crippen molar-refractivity contribution in [3.05, 3.63) is 84.2 Å². The number of rotatable bonds is 7. The predicted octanol–water partition coefficient (Wildman–Crippen LogP) is 5.49. The number of anilines is 1. The Balaban J connectivity index is 1.47. The largest absolute Gasteiger partial charge is 0.494 e.